The van der Waals surface area contributed by atoms with Crippen LogP contribution in [-0.4, -0.2) is 35.9 Å². The number of benzene rings is 1. The van der Waals surface area contributed by atoms with Crippen molar-refractivity contribution in [3.05, 3.63) is 41.7 Å². The monoisotopic (exact) mass is 274 g/mol. The Morgan fingerprint density at radius 2 is 1.65 bits per heavy atom. The first-order chi connectivity index (χ1) is 9.60. The quantitative estimate of drug-likeness (QED) is 0.796. The van der Waals surface area contributed by atoms with Gasteiger partial charge in [0.25, 0.3) is 0 Å². The number of ether oxygens (including phenoxy) is 2. The van der Waals surface area contributed by atoms with Crippen molar-refractivity contribution in [2.24, 2.45) is 7.05 Å². The molecular weight excluding hydrogens is 260 g/mol. The van der Waals surface area contributed by atoms with E-state index in [0.29, 0.717) is 11.1 Å². The zero-order valence-corrected chi connectivity index (χ0v) is 11.4. The maximum absolute atomic E-state index is 11.9. The third kappa shape index (κ3) is 2.27. The molecule has 6 heteroatoms. The van der Waals surface area contributed by atoms with Crippen molar-refractivity contribution < 1.29 is 19.1 Å². The molecule has 1 aromatic heterocycles. The van der Waals surface area contributed by atoms with Crippen molar-refractivity contribution in [2.45, 2.75) is 0 Å². The van der Waals surface area contributed by atoms with E-state index in [2.05, 4.69) is 5.10 Å². The van der Waals surface area contributed by atoms with Crippen LogP contribution in [0.4, 0.5) is 0 Å². The molecule has 0 radical (unpaired) electrons. The summed E-state index contributed by atoms with van der Waals surface area (Å²) < 4.78 is 10.8. The van der Waals surface area contributed by atoms with Gasteiger partial charge in [0.2, 0.25) is 0 Å². The number of aryl methyl sites for hydroxylation is 1. The molecule has 2 rings (SSSR count). The minimum Gasteiger partial charge on any atom is -0.464 e. The average molecular weight is 274 g/mol. The number of carbonyl (C=O) groups excluding carboxylic acids is 2. The van der Waals surface area contributed by atoms with E-state index in [4.69, 9.17) is 9.47 Å². The Morgan fingerprint density at radius 3 is 2.20 bits per heavy atom. The van der Waals surface area contributed by atoms with Crippen molar-refractivity contribution in [3.63, 3.8) is 0 Å². The third-order valence-electron chi connectivity index (χ3n) is 2.87. The van der Waals surface area contributed by atoms with Gasteiger partial charge < -0.3 is 9.47 Å². The molecule has 0 saturated heterocycles. The highest BCUT2D eigenvalue weighted by molar-refractivity contribution is 6.04. The summed E-state index contributed by atoms with van der Waals surface area (Å²) in [4.78, 5) is 23.8. The molecule has 0 amide bonds. The van der Waals surface area contributed by atoms with Gasteiger partial charge in [0, 0.05) is 12.6 Å². The molecule has 104 valence electrons. The molecule has 0 aliphatic carbocycles. The number of esters is 2. The number of carbonyl (C=O) groups is 2. The van der Waals surface area contributed by atoms with Gasteiger partial charge in [-0.1, -0.05) is 30.3 Å². The van der Waals surface area contributed by atoms with Crippen LogP contribution in [0.1, 0.15) is 21.0 Å². The van der Waals surface area contributed by atoms with Gasteiger partial charge in [-0.05, 0) is 5.56 Å². The molecule has 6 nitrogen and oxygen atoms in total. The van der Waals surface area contributed by atoms with Gasteiger partial charge in [0.05, 0.1) is 14.2 Å². The zero-order chi connectivity index (χ0) is 14.7. The van der Waals surface area contributed by atoms with Gasteiger partial charge in [0.15, 0.2) is 11.4 Å². The molecule has 0 unspecified atom stereocenters. The summed E-state index contributed by atoms with van der Waals surface area (Å²) in [6.07, 6.45) is 0. The van der Waals surface area contributed by atoms with Crippen molar-refractivity contribution in [1.82, 2.24) is 9.78 Å². The second-order valence-electron chi connectivity index (χ2n) is 4.05. The lowest BCUT2D eigenvalue weighted by atomic mass is 10.0. The molecule has 0 spiro atoms. The Morgan fingerprint density at radius 1 is 1.05 bits per heavy atom. The van der Waals surface area contributed by atoms with Crippen molar-refractivity contribution in [1.29, 1.82) is 0 Å². The topological polar surface area (TPSA) is 70.4 Å². The standard InChI is InChI=1S/C14H14N2O4/c1-16-12(14(18)20-3)10(9-7-5-4-6-8-9)11(15-16)13(17)19-2/h4-8H,1-3H3. The van der Waals surface area contributed by atoms with E-state index >= 15 is 0 Å². The fourth-order valence-electron chi connectivity index (χ4n) is 1.97. The first-order valence-corrected chi connectivity index (χ1v) is 5.89. The van der Waals surface area contributed by atoms with Gasteiger partial charge >= 0.3 is 11.9 Å². The summed E-state index contributed by atoms with van der Waals surface area (Å²) in [5.41, 5.74) is 1.40. The molecule has 0 aliphatic rings. The first kappa shape index (κ1) is 13.8. The highest BCUT2D eigenvalue weighted by atomic mass is 16.5. The number of nitrogens with zero attached hydrogens (tertiary/aromatic N) is 2. The predicted molar refractivity (Wildman–Crippen MR) is 71.3 cm³/mol. The van der Waals surface area contributed by atoms with E-state index < -0.39 is 11.9 Å². The van der Waals surface area contributed by atoms with Crippen molar-refractivity contribution in [2.75, 3.05) is 14.2 Å². The number of aromatic nitrogens is 2. The summed E-state index contributed by atoms with van der Waals surface area (Å²) in [5.74, 6) is -1.16. The molecule has 0 bridgehead atoms. The number of rotatable bonds is 3. The molecule has 0 aliphatic heterocycles. The van der Waals surface area contributed by atoms with Gasteiger partial charge in [-0.25, -0.2) is 9.59 Å². The zero-order valence-electron chi connectivity index (χ0n) is 11.4. The van der Waals surface area contributed by atoms with Gasteiger partial charge in [0.1, 0.15) is 0 Å². The van der Waals surface area contributed by atoms with Crippen molar-refractivity contribution in [3.8, 4) is 11.1 Å². The molecule has 0 saturated carbocycles. The molecule has 0 atom stereocenters. The molecule has 0 N–H and O–H groups in total. The van der Waals surface area contributed by atoms with E-state index in [1.54, 1.807) is 19.2 Å². The highest BCUT2D eigenvalue weighted by Crippen LogP contribution is 2.28. The van der Waals surface area contributed by atoms with Crippen molar-refractivity contribution >= 4 is 11.9 Å². The molecule has 1 aromatic carbocycles. The molecule has 20 heavy (non-hydrogen) atoms. The van der Waals surface area contributed by atoms with E-state index in [1.807, 2.05) is 18.2 Å². The van der Waals surface area contributed by atoms with Crippen LogP contribution in [0, 0.1) is 0 Å². The summed E-state index contributed by atoms with van der Waals surface area (Å²) >= 11 is 0. The van der Waals surface area contributed by atoms with E-state index in [-0.39, 0.29) is 11.4 Å². The maximum atomic E-state index is 11.9. The van der Waals surface area contributed by atoms with Gasteiger partial charge in [-0.2, -0.15) is 5.10 Å². The second kappa shape index (κ2) is 5.56. The number of hydrogen-bond acceptors (Lipinski definition) is 5. The normalized spacial score (nSPS) is 10.2. The SMILES string of the molecule is COC(=O)c1nn(C)c(C(=O)OC)c1-c1ccccc1. The Labute approximate surface area is 115 Å². The molecule has 0 fully saturated rings. The summed E-state index contributed by atoms with van der Waals surface area (Å²) in [7, 11) is 4.12. The fourth-order valence-corrected chi connectivity index (χ4v) is 1.97. The average Bonchev–Trinajstić information content (AvgIpc) is 2.84. The molecule has 1 heterocycles. The summed E-state index contributed by atoms with van der Waals surface area (Å²) in [6.45, 7) is 0. The van der Waals surface area contributed by atoms with Crippen LogP contribution < -0.4 is 0 Å². The van der Waals surface area contributed by atoms with E-state index in [9.17, 15) is 9.59 Å². The lowest BCUT2D eigenvalue weighted by molar-refractivity contribution is 0.0583. The van der Waals surface area contributed by atoms with Crippen LogP contribution >= 0.6 is 0 Å². The Balaban J connectivity index is 2.73. The Hall–Kier alpha value is -2.63. The van der Waals surface area contributed by atoms with Crippen LogP contribution in [0.2, 0.25) is 0 Å². The fraction of sp³-hybridized carbons (Fsp3) is 0.214. The minimum atomic E-state index is -0.602. The van der Waals surface area contributed by atoms with Crippen LogP contribution in [-0.2, 0) is 16.5 Å². The summed E-state index contributed by atoms with van der Waals surface area (Å²) in [5, 5.41) is 4.07. The van der Waals surface area contributed by atoms with Gasteiger partial charge in [-0.3, -0.25) is 4.68 Å². The largest absolute Gasteiger partial charge is 0.464 e. The Kier molecular flexibility index (Phi) is 3.84. The lowest BCUT2D eigenvalue weighted by Crippen LogP contribution is -2.09. The van der Waals surface area contributed by atoms with Crippen LogP contribution in [0.3, 0.4) is 0 Å². The Bertz CT molecular complexity index is 647. The van der Waals surface area contributed by atoms with Gasteiger partial charge in [-0.15, -0.1) is 0 Å². The van der Waals surface area contributed by atoms with Crippen LogP contribution in [0.25, 0.3) is 11.1 Å². The number of hydrogen-bond donors (Lipinski definition) is 0. The third-order valence-corrected chi connectivity index (χ3v) is 2.87. The first-order valence-electron chi connectivity index (χ1n) is 5.89. The van der Waals surface area contributed by atoms with E-state index in [0.717, 1.165) is 0 Å². The lowest BCUT2D eigenvalue weighted by Gasteiger charge is -2.05. The highest BCUT2D eigenvalue weighted by Gasteiger charge is 2.27. The minimum absolute atomic E-state index is 0.0848. The van der Waals surface area contributed by atoms with Crippen LogP contribution in [0.15, 0.2) is 30.3 Å². The molecular formula is C14H14N2O4. The maximum Gasteiger partial charge on any atom is 0.359 e. The predicted octanol–water partition coefficient (Wildman–Crippen LogP) is 1.66. The smallest absolute Gasteiger partial charge is 0.359 e. The van der Waals surface area contributed by atoms with Crippen LogP contribution in [0.5, 0.6) is 0 Å². The van der Waals surface area contributed by atoms with E-state index in [1.165, 1.54) is 18.9 Å². The summed E-state index contributed by atoms with van der Waals surface area (Å²) in [6, 6.07) is 9.04. The second-order valence-corrected chi connectivity index (χ2v) is 4.05. The molecule has 2 aromatic rings. The number of methoxy groups -OCH3 is 2.